The van der Waals surface area contributed by atoms with E-state index < -0.39 is 28.6 Å². The zero-order valence-corrected chi connectivity index (χ0v) is 16.8. The van der Waals surface area contributed by atoms with E-state index in [9.17, 15) is 18.0 Å². The highest BCUT2D eigenvalue weighted by Crippen LogP contribution is 2.29. The van der Waals surface area contributed by atoms with Crippen molar-refractivity contribution in [3.63, 3.8) is 0 Å². The van der Waals surface area contributed by atoms with Crippen LogP contribution < -0.4 is 10.0 Å². The number of hydrogen-bond donors (Lipinski definition) is 2. The van der Waals surface area contributed by atoms with Crippen LogP contribution in [0.1, 0.15) is 40.0 Å². The van der Waals surface area contributed by atoms with E-state index in [0.717, 1.165) is 19.3 Å². The minimum Gasteiger partial charge on any atom is -0.454 e. The molecule has 1 aromatic rings. The number of esters is 1. The Bertz CT molecular complexity index is 751. The molecule has 1 fully saturated rings. The molecule has 1 aliphatic carbocycles. The average molecular weight is 397 g/mol. The Kier molecular flexibility index (Phi) is 7.38. The van der Waals surface area contributed by atoms with Crippen molar-refractivity contribution >= 4 is 21.9 Å². The molecule has 1 aliphatic rings. The van der Waals surface area contributed by atoms with Gasteiger partial charge in [0.1, 0.15) is 6.04 Å². The van der Waals surface area contributed by atoms with E-state index in [1.165, 1.54) is 19.1 Å². The van der Waals surface area contributed by atoms with Crippen molar-refractivity contribution in [1.82, 2.24) is 10.0 Å². The monoisotopic (exact) mass is 396 g/mol. The van der Waals surface area contributed by atoms with Crippen molar-refractivity contribution in [2.45, 2.75) is 57.0 Å². The van der Waals surface area contributed by atoms with E-state index in [-0.39, 0.29) is 16.8 Å². The van der Waals surface area contributed by atoms with Crippen molar-refractivity contribution in [2.24, 2.45) is 11.8 Å². The van der Waals surface area contributed by atoms with Crippen molar-refractivity contribution in [3.05, 3.63) is 30.3 Å². The Morgan fingerprint density at radius 1 is 1.19 bits per heavy atom. The highest BCUT2D eigenvalue weighted by Gasteiger charge is 2.29. The number of carbonyl (C=O) groups is 2. The van der Waals surface area contributed by atoms with Crippen LogP contribution in [0.3, 0.4) is 0 Å². The van der Waals surface area contributed by atoms with Crippen molar-refractivity contribution in [2.75, 3.05) is 6.61 Å². The minimum atomic E-state index is -3.83. The maximum Gasteiger partial charge on any atom is 0.324 e. The van der Waals surface area contributed by atoms with E-state index in [0.29, 0.717) is 11.8 Å². The molecule has 2 N–H and O–H groups in total. The van der Waals surface area contributed by atoms with Crippen LogP contribution in [-0.4, -0.2) is 39.0 Å². The third kappa shape index (κ3) is 6.04. The van der Waals surface area contributed by atoms with Crippen LogP contribution in [0, 0.1) is 11.8 Å². The van der Waals surface area contributed by atoms with Crippen LogP contribution in [0.4, 0.5) is 0 Å². The minimum absolute atomic E-state index is 0.0581. The van der Waals surface area contributed by atoms with Gasteiger partial charge in [-0.3, -0.25) is 9.59 Å². The lowest BCUT2D eigenvalue weighted by Crippen LogP contribution is -2.46. The number of hydrogen-bond acceptors (Lipinski definition) is 5. The van der Waals surface area contributed by atoms with Gasteiger partial charge in [0.25, 0.3) is 5.91 Å². The second-order valence-corrected chi connectivity index (χ2v) is 8.92. The van der Waals surface area contributed by atoms with Gasteiger partial charge in [-0.15, -0.1) is 0 Å². The molecule has 0 spiro atoms. The van der Waals surface area contributed by atoms with Crippen molar-refractivity contribution in [1.29, 1.82) is 0 Å². The molecule has 4 unspecified atom stereocenters. The van der Waals surface area contributed by atoms with Crippen molar-refractivity contribution < 1.29 is 22.7 Å². The SMILES string of the molecule is CC(NS(=O)(=O)c1ccccc1)C(=O)OCC(=O)NC1CCCC(C)C1C. The average Bonchev–Trinajstić information content (AvgIpc) is 2.64. The summed E-state index contributed by atoms with van der Waals surface area (Å²) in [5.74, 6) is -0.254. The summed E-state index contributed by atoms with van der Waals surface area (Å²) in [6.07, 6.45) is 3.13. The van der Waals surface area contributed by atoms with E-state index in [4.69, 9.17) is 4.74 Å². The van der Waals surface area contributed by atoms with Gasteiger partial charge < -0.3 is 10.1 Å². The standard InChI is InChI=1S/C19H28N2O5S/c1-13-8-7-11-17(14(13)2)20-18(22)12-26-19(23)15(3)21-27(24,25)16-9-5-4-6-10-16/h4-6,9-10,13-15,17,21H,7-8,11-12H2,1-3H3,(H,20,22). The van der Waals surface area contributed by atoms with Gasteiger partial charge in [-0.25, -0.2) is 8.42 Å². The molecule has 8 heteroatoms. The van der Waals surface area contributed by atoms with Crippen LogP contribution in [0.2, 0.25) is 0 Å². The Balaban J connectivity index is 1.81. The number of amides is 1. The molecule has 0 saturated heterocycles. The van der Waals surface area contributed by atoms with Crippen LogP contribution in [0.15, 0.2) is 35.2 Å². The first kappa shape index (κ1) is 21.4. The van der Waals surface area contributed by atoms with Gasteiger partial charge in [0.2, 0.25) is 10.0 Å². The largest absolute Gasteiger partial charge is 0.454 e. The smallest absolute Gasteiger partial charge is 0.324 e. The quantitative estimate of drug-likeness (QED) is 0.685. The molecule has 1 amide bonds. The van der Waals surface area contributed by atoms with Gasteiger partial charge in [0.15, 0.2) is 6.61 Å². The molecular weight excluding hydrogens is 368 g/mol. The number of nitrogens with one attached hydrogen (secondary N) is 2. The molecule has 1 saturated carbocycles. The maximum absolute atomic E-state index is 12.2. The molecule has 7 nitrogen and oxygen atoms in total. The molecule has 0 aromatic heterocycles. The molecule has 1 aromatic carbocycles. The lowest BCUT2D eigenvalue weighted by Gasteiger charge is -2.34. The number of benzene rings is 1. The van der Waals surface area contributed by atoms with Crippen LogP contribution >= 0.6 is 0 Å². The second kappa shape index (κ2) is 9.32. The van der Waals surface area contributed by atoms with E-state index in [1.807, 2.05) is 0 Å². The Labute approximate surface area is 160 Å². The first-order chi connectivity index (χ1) is 12.7. The molecule has 150 valence electrons. The Morgan fingerprint density at radius 3 is 2.52 bits per heavy atom. The summed E-state index contributed by atoms with van der Waals surface area (Å²) in [5, 5.41) is 2.91. The molecule has 4 atom stereocenters. The number of sulfonamides is 1. The fourth-order valence-electron chi connectivity index (χ4n) is 3.24. The van der Waals surface area contributed by atoms with Gasteiger partial charge in [-0.2, -0.15) is 4.72 Å². The highest BCUT2D eigenvalue weighted by atomic mass is 32.2. The normalized spacial score (nSPS) is 24.0. The zero-order chi connectivity index (χ0) is 20.0. The first-order valence-corrected chi connectivity index (χ1v) is 10.7. The van der Waals surface area contributed by atoms with E-state index in [1.54, 1.807) is 18.2 Å². The highest BCUT2D eigenvalue weighted by molar-refractivity contribution is 7.89. The topological polar surface area (TPSA) is 102 Å². The lowest BCUT2D eigenvalue weighted by atomic mass is 9.78. The van der Waals surface area contributed by atoms with Gasteiger partial charge in [-0.05, 0) is 37.3 Å². The van der Waals surface area contributed by atoms with E-state index >= 15 is 0 Å². The number of rotatable bonds is 7. The molecule has 0 bridgehead atoms. The Hall–Kier alpha value is -1.93. The summed E-state index contributed by atoms with van der Waals surface area (Å²) < 4.78 is 31.7. The van der Waals surface area contributed by atoms with Crippen molar-refractivity contribution in [3.8, 4) is 0 Å². The second-order valence-electron chi connectivity index (χ2n) is 7.21. The first-order valence-electron chi connectivity index (χ1n) is 9.24. The summed E-state index contributed by atoms with van der Waals surface area (Å²) in [7, 11) is -3.83. The van der Waals surface area contributed by atoms with E-state index in [2.05, 4.69) is 23.9 Å². The third-order valence-electron chi connectivity index (χ3n) is 5.14. The summed E-state index contributed by atoms with van der Waals surface area (Å²) in [6, 6.07) is 6.72. The summed E-state index contributed by atoms with van der Waals surface area (Å²) in [5.41, 5.74) is 0. The fraction of sp³-hybridized carbons (Fsp3) is 0.579. The van der Waals surface area contributed by atoms with Crippen LogP contribution in [-0.2, 0) is 24.3 Å². The predicted octanol–water partition coefficient (Wildman–Crippen LogP) is 1.84. The Morgan fingerprint density at radius 2 is 1.85 bits per heavy atom. The molecule has 0 radical (unpaired) electrons. The fourth-order valence-corrected chi connectivity index (χ4v) is 4.46. The lowest BCUT2D eigenvalue weighted by molar-refractivity contribution is -0.150. The maximum atomic E-state index is 12.2. The number of ether oxygens (including phenoxy) is 1. The van der Waals surface area contributed by atoms with Gasteiger partial charge >= 0.3 is 5.97 Å². The van der Waals surface area contributed by atoms with Gasteiger partial charge in [0, 0.05) is 6.04 Å². The van der Waals surface area contributed by atoms with Crippen LogP contribution in [0.25, 0.3) is 0 Å². The molecule has 0 heterocycles. The van der Waals surface area contributed by atoms with Gasteiger partial charge in [0.05, 0.1) is 4.90 Å². The molecular formula is C19H28N2O5S. The third-order valence-corrected chi connectivity index (χ3v) is 6.69. The zero-order valence-electron chi connectivity index (χ0n) is 16.0. The van der Waals surface area contributed by atoms with Crippen LogP contribution in [0.5, 0.6) is 0 Å². The molecule has 0 aliphatic heterocycles. The number of carbonyl (C=O) groups excluding carboxylic acids is 2. The summed E-state index contributed by atoms with van der Waals surface area (Å²) in [6.45, 7) is 5.24. The predicted molar refractivity (Wildman–Crippen MR) is 101 cm³/mol. The molecule has 27 heavy (non-hydrogen) atoms. The van der Waals surface area contributed by atoms with Gasteiger partial charge in [-0.1, -0.05) is 44.9 Å². The summed E-state index contributed by atoms with van der Waals surface area (Å²) >= 11 is 0. The summed E-state index contributed by atoms with van der Waals surface area (Å²) in [4.78, 5) is 24.2. The molecule has 2 rings (SSSR count).